The zero-order chi connectivity index (χ0) is 12.5. The van der Waals surface area contributed by atoms with Crippen LogP contribution in [0, 0.1) is 17.2 Å². The molecule has 17 heavy (non-hydrogen) atoms. The van der Waals surface area contributed by atoms with Crippen LogP contribution in [0.2, 0.25) is 5.02 Å². The van der Waals surface area contributed by atoms with E-state index in [0.29, 0.717) is 22.3 Å². The molecular weight excluding hydrogens is 238 g/mol. The van der Waals surface area contributed by atoms with Crippen molar-refractivity contribution in [2.75, 3.05) is 11.9 Å². The predicted octanol–water partition coefficient (Wildman–Crippen LogP) is 2.18. The second-order valence-electron chi connectivity index (χ2n) is 4.64. The molecule has 1 aromatic rings. The van der Waals surface area contributed by atoms with Gasteiger partial charge in [-0.3, -0.25) is 0 Å². The van der Waals surface area contributed by atoms with Crippen LogP contribution in [-0.2, 0) is 0 Å². The van der Waals surface area contributed by atoms with Gasteiger partial charge in [0, 0.05) is 6.20 Å². The summed E-state index contributed by atoms with van der Waals surface area (Å²) in [6.45, 7) is 2.00. The van der Waals surface area contributed by atoms with E-state index in [9.17, 15) is 5.11 Å². The molecule has 0 amide bonds. The Balaban J connectivity index is 2.21. The number of nitrogens with one attached hydrogen (secondary N) is 1. The highest BCUT2D eigenvalue weighted by Crippen LogP contribution is 2.41. The molecule has 1 atom stereocenters. The minimum atomic E-state index is -0.384. The van der Waals surface area contributed by atoms with Gasteiger partial charge in [-0.1, -0.05) is 11.6 Å². The van der Waals surface area contributed by atoms with Crippen LogP contribution in [0.5, 0.6) is 0 Å². The number of aliphatic hydroxyl groups is 1. The summed E-state index contributed by atoms with van der Waals surface area (Å²) in [6, 6.07) is 3.55. The van der Waals surface area contributed by atoms with Crippen LogP contribution in [-0.4, -0.2) is 22.2 Å². The molecule has 1 aliphatic carbocycles. The van der Waals surface area contributed by atoms with E-state index in [4.69, 9.17) is 16.9 Å². The molecule has 90 valence electrons. The smallest absolute Gasteiger partial charge is 0.145 e. The maximum absolute atomic E-state index is 9.46. The fourth-order valence-corrected chi connectivity index (χ4v) is 2.07. The van der Waals surface area contributed by atoms with Crippen LogP contribution in [0.1, 0.15) is 25.3 Å². The average Bonchev–Trinajstić information content (AvgIpc) is 3.16. The third-order valence-corrected chi connectivity index (χ3v) is 3.47. The standard InChI is InChI=1S/C12H14ClN3O/c1-12(7-17,9-2-3-9)16-11-10(13)4-8(5-14)6-15-11/h4,6,9,17H,2-3,7H2,1H3,(H,15,16). The fourth-order valence-electron chi connectivity index (χ4n) is 1.85. The Morgan fingerprint density at radius 3 is 2.88 bits per heavy atom. The fraction of sp³-hybridized carbons (Fsp3) is 0.500. The number of aromatic nitrogens is 1. The highest BCUT2D eigenvalue weighted by molar-refractivity contribution is 6.33. The predicted molar refractivity (Wildman–Crippen MR) is 65.8 cm³/mol. The summed E-state index contributed by atoms with van der Waals surface area (Å²) in [5.74, 6) is 0.982. The Morgan fingerprint density at radius 1 is 1.71 bits per heavy atom. The first kappa shape index (κ1) is 12.2. The first-order valence-corrected chi connectivity index (χ1v) is 5.91. The van der Waals surface area contributed by atoms with E-state index in [1.165, 1.54) is 6.20 Å². The molecule has 0 aliphatic heterocycles. The Labute approximate surface area is 105 Å². The van der Waals surface area contributed by atoms with Crippen molar-refractivity contribution < 1.29 is 5.11 Å². The van der Waals surface area contributed by atoms with Gasteiger partial charge in [0.15, 0.2) is 0 Å². The number of hydrogen-bond acceptors (Lipinski definition) is 4. The zero-order valence-electron chi connectivity index (χ0n) is 9.57. The first-order valence-electron chi connectivity index (χ1n) is 5.54. The maximum atomic E-state index is 9.46. The lowest BCUT2D eigenvalue weighted by molar-refractivity contribution is 0.205. The molecule has 1 aromatic heterocycles. The van der Waals surface area contributed by atoms with Gasteiger partial charge >= 0.3 is 0 Å². The molecule has 0 saturated heterocycles. The van der Waals surface area contributed by atoms with Crippen molar-refractivity contribution in [2.45, 2.75) is 25.3 Å². The van der Waals surface area contributed by atoms with Crippen LogP contribution < -0.4 is 5.32 Å². The summed E-state index contributed by atoms with van der Waals surface area (Å²) in [5.41, 5.74) is 0.0443. The molecule has 2 rings (SSSR count). The molecule has 0 radical (unpaired) electrons. The molecule has 0 bridgehead atoms. The second kappa shape index (κ2) is 4.52. The summed E-state index contributed by atoms with van der Waals surface area (Å²) in [7, 11) is 0. The highest BCUT2D eigenvalue weighted by Gasteiger charge is 2.41. The van der Waals surface area contributed by atoms with Crippen molar-refractivity contribution in [3.63, 3.8) is 0 Å². The van der Waals surface area contributed by atoms with Crippen molar-refractivity contribution in [1.29, 1.82) is 5.26 Å². The minimum Gasteiger partial charge on any atom is -0.394 e. The van der Waals surface area contributed by atoms with Gasteiger partial charge in [0.25, 0.3) is 0 Å². The number of halogens is 1. The van der Waals surface area contributed by atoms with E-state index in [-0.39, 0.29) is 12.1 Å². The van der Waals surface area contributed by atoms with Crippen molar-refractivity contribution in [3.8, 4) is 6.07 Å². The van der Waals surface area contributed by atoms with Crippen molar-refractivity contribution in [3.05, 3.63) is 22.8 Å². The summed E-state index contributed by atoms with van der Waals surface area (Å²) in [4.78, 5) is 4.12. The van der Waals surface area contributed by atoms with Crippen molar-refractivity contribution in [2.24, 2.45) is 5.92 Å². The summed E-state index contributed by atoms with van der Waals surface area (Å²) >= 11 is 6.04. The Kier molecular flexibility index (Phi) is 3.23. The van der Waals surface area contributed by atoms with E-state index in [1.54, 1.807) is 6.07 Å². The highest BCUT2D eigenvalue weighted by atomic mass is 35.5. The lowest BCUT2D eigenvalue weighted by atomic mass is 9.97. The Bertz CT molecular complexity index is 467. The van der Waals surface area contributed by atoms with E-state index >= 15 is 0 Å². The average molecular weight is 252 g/mol. The van der Waals surface area contributed by atoms with Gasteiger partial charge in [-0.05, 0) is 31.7 Å². The van der Waals surface area contributed by atoms with Crippen LogP contribution in [0.25, 0.3) is 0 Å². The Morgan fingerprint density at radius 2 is 2.41 bits per heavy atom. The van der Waals surface area contributed by atoms with E-state index in [1.807, 2.05) is 13.0 Å². The molecule has 5 heteroatoms. The van der Waals surface area contributed by atoms with Gasteiger partial charge in [0.1, 0.15) is 11.9 Å². The largest absolute Gasteiger partial charge is 0.394 e. The van der Waals surface area contributed by atoms with Gasteiger partial charge in [-0.15, -0.1) is 0 Å². The van der Waals surface area contributed by atoms with Gasteiger partial charge in [0.05, 0.1) is 22.7 Å². The minimum absolute atomic E-state index is 0.0374. The van der Waals surface area contributed by atoms with E-state index in [2.05, 4.69) is 10.3 Å². The normalized spacial score (nSPS) is 18.2. The Hall–Kier alpha value is -1.31. The number of pyridine rings is 1. The number of anilines is 1. The molecule has 0 spiro atoms. The molecule has 1 fully saturated rings. The molecule has 1 saturated carbocycles. The molecule has 2 N–H and O–H groups in total. The van der Waals surface area contributed by atoms with Crippen LogP contribution in [0.15, 0.2) is 12.3 Å². The number of nitrogens with zero attached hydrogens (tertiary/aromatic N) is 2. The maximum Gasteiger partial charge on any atom is 0.145 e. The van der Waals surface area contributed by atoms with Crippen LogP contribution in [0.4, 0.5) is 5.82 Å². The van der Waals surface area contributed by atoms with Crippen molar-refractivity contribution >= 4 is 17.4 Å². The van der Waals surface area contributed by atoms with E-state index < -0.39 is 0 Å². The van der Waals surface area contributed by atoms with Gasteiger partial charge in [-0.25, -0.2) is 4.98 Å². The zero-order valence-corrected chi connectivity index (χ0v) is 10.3. The SMILES string of the molecule is CC(CO)(Nc1ncc(C#N)cc1Cl)C1CC1. The van der Waals surface area contributed by atoms with E-state index in [0.717, 1.165) is 12.8 Å². The third-order valence-electron chi connectivity index (χ3n) is 3.18. The molecule has 1 heterocycles. The molecular formula is C12H14ClN3O. The molecule has 4 nitrogen and oxygen atoms in total. The second-order valence-corrected chi connectivity index (χ2v) is 5.05. The summed E-state index contributed by atoms with van der Waals surface area (Å²) < 4.78 is 0. The van der Waals surface area contributed by atoms with Crippen LogP contribution in [0.3, 0.4) is 0 Å². The van der Waals surface area contributed by atoms with Gasteiger partial charge in [-0.2, -0.15) is 5.26 Å². The molecule has 0 aromatic carbocycles. The quantitative estimate of drug-likeness (QED) is 0.861. The first-order chi connectivity index (χ1) is 8.09. The third kappa shape index (κ3) is 2.51. The summed E-state index contributed by atoms with van der Waals surface area (Å²) in [5, 5.41) is 21.8. The molecule has 1 aliphatic rings. The van der Waals surface area contributed by atoms with Gasteiger partial charge < -0.3 is 10.4 Å². The molecule has 1 unspecified atom stereocenters. The van der Waals surface area contributed by atoms with Gasteiger partial charge in [0.2, 0.25) is 0 Å². The number of nitriles is 1. The topological polar surface area (TPSA) is 68.9 Å². The monoisotopic (exact) mass is 251 g/mol. The summed E-state index contributed by atoms with van der Waals surface area (Å²) in [6.07, 6.45) is 3.69. The lowest BCUT2D eigenvalue weighted by Gasteiger charge is -2.29. The number of hydrogen-bond donors (Lipinski definition) is 2. The van der Waals surface area contributed by atoms with Crippen LogP contribution >= 0.6 is 11.6 Å². The number of aliphatic hydroxyl groups excluding tert-OH is 1. The lowest BCUT2D eigenvalue weighted by Crippen LogP contribution is -2.41. The number of rotatable bonds is 4. The van der Waals surface area contributed by atoms with Crippen molar-refractivity contribution in [1.82, 2.24) is 4.98 Å².